The summed E-state index contributed by atoms with van der Waals surface area (Å²) in [7, 11) is 0. The summed E-state index contributed by atoms with van der Waals surface area (Å²) in [6, 6.07) is 28.4. The van der Waals surface area contributed by atoms with Crippen LogP contribution < -0.4 is 18.1 Å². The SMILES string of the molecule is CC(C)(C)c1ccc2c3[nH]c(c2c1)C=c1sc(c2cc(C(C)(C)C)ccc12)=Cc1[nH]c(c2cc(C(C)(C)C)ccc12)C=c1sc(c2cc(C(C)(C)C)ccc12)=C3. The molecule has 0 aliphatic carbocycles. The van der Waals surface area contributed by atoms with E-state index in [1.54, 1.807) is 0 Å². The van der Waals surface area contributed by atoms with Crippen LogP contribution in [0, 0.1) is 0 Å². The number of hydrogen-bond donors (Lipinski definition) is 2. The molecule has 5 heterocycles. The minimum Gasteiger partial charge on any atom is -0.354 e. The number of H-pyrrole nitrogens is 2. The number of hydrogen-bond acceptors (Lipinski definition) is 2. The highest BCUT2D eigenvalue weighted by atomic mass is 32.1. The molecule has 4 aromatic carbocycles. The summed E-state index contributed by atoms with van der Waals surface area (Å²) in [6.45, 7) is 27.7. The molecule has 0 saturated heterocycles. The van der Waals surface area contributed by atoms with Crippen molar-refractivity contribution in [3.63, 3.8) is 0 Å². The number of thiophene rings is 2. The van der Waals surface area contributed by atoms with Crippen LogP contribution in [0.3, 0.4) is 0 Å². The Morgan fingerprint density at radius 1 is 0.304 bits per heavy atom. The summed E-state index contributed by atoms with van der Waals surface area (Å²) >= 11 is 3.78. The van der Waals surface area contributed by atoms with E-state index < -0.39 is 0 Å². The summed E-state index contributed by atoms with van der Waals surface area (Å²) in [5, 5.41) is 10.2. The molecule has 284 valence electrons. The third kappa shape index (κ3) is 6.30. The van der Waals surface area contributed by atoms with Gasteiger partial charge in [-0.1, -0.05) is 132 Å². The van der Waals surface area contributed by atoms with Gasteiger partial charge in [0, 0.05) is 84.0 Å². The average Bonchev–Trinajstić information content (AvgIpc) is 3.84. The molecule has 0 unspecified atom stereocenters. The molecule has 0 saturated carbocycles. The Morgan fingerprint density at radius 3 is 0.857 bits per heavy atom. The first kappa shape index (κ1) is 37.0. The van der Waals surface area contributed by atoms with E-state index in [-0.39, 0.29) is 21.7 Å². The number of aromatic amines is 2. The van der Waals surface area contributed by atoms with E-state index in [1.807, 2.05) is 22.7 Å². The number of aromatic nitrogens is 2. The molecule has 4 aromatic heterocycles. The zero-order valence-electron chi connectivity index (χ0n) is 35.1. The van der Waals surface area contributed by atoms with Crippen molar-refractivity contribution in [3.05, 3.63) is 136 Å². The molecular weight excluding hydrogens is 717 g/mol. The molecule has 2 nitrogen and oxygen atoms in total. The minimum atomic E-state index is 0.0339. The van der Waals surface area contributed by atoms with Crippen LogP contribution >= 0.6 is 22.7 Å². The maximum Gasteiger partial charge on any atom is 0.0479 e. The Morgan fingerprint density at radius 2 is 0.554 bits per heavy atom. The van der Waals surface area contributed by atoms with Crippen molar-refractivity contribution in [1.29, 1.82) is 0 Å². The third-order valence-corrected chi connectivity index (χ3v) is 14.1. The first-order valence-corrected chi connectivity index (χ1v) is 21.7. The smallest absolute Gasteiger partial charge is 0.0479 e. The van der Waals surface area contributed by atoms with Crippen molar-refractivity contribution in [1.82, 2.24) is 9.97 Å². The van der Waals surface area contributed by atoms with E-state index in [0.29, 0.717) is 0 Å². The van der Waals surface area contributed by atoms with Gasteiger partial charge < -0.3 is 9.97 Å². The van der Waals surface area contributed by atoms with E-state index in [4.69, 9.17) is 0 Å². The van der Waals surface area contributed by atoms with Crippen LogP contribution in [0.25, 0.3) is 67.4 Å². The van der Waals surface area contributed by atoms with Gasteiger partial charge in [-0.2, -0.15) is 0 Å². The fourth-order valence-corrected chi connectivity index (χ4v) is 10.5. The second-order valence-electron chi connectivity index (χ2n) is 20.2. The first-order chi connectivity index (χ1) is 26.2. The van der Waals surface area contributed by atoms with E-state index in [0.717, 1.165) is 22.8 Å². The van der Waals surface area contributed by atoms with Gasteiger partial charge in [0.25, 0.3) is 0 Å². The van der Waals surface area contributed by atoms with Gasteiger partial charge in [-0.15, -0.1) is 22.7 Å². The van der Waals surface area contributed by atoms with Gasteiger partial charge in [0.2, 0.25) is 0 Å². The molecule has 0 fully saturated rings. The molecule has 0 radical (unpaired) electrons. The number of fused-ring (bicyclic) bond motifs is 20. The van der Waals surface area contributed by atoms with Crippen LogP contribution in [-0.2, 0) is 21.7 Å². The van der Waals surface area contributed by atoms with Crippen LogP contribution in [0.15, 0.2) is 72.8 Å². The van der Waals surface area contributed by atoms with Crippen molar-refractivity contribution >= 4 is 90.1 Å². The van der Waals surface area contributed by atoms with Crippen molar-refractivity contribution in [2.45, 2.75) is 105 Å². The van der Waals surface area contributed by atoms with Crippen molar-refractivity contribution in [2.24, 2.45) is 0 Å². The molecule has 1 aliphatic rings. The topological polar surface area (TPSA) is 31.6 Å². The van der Waals surface area contributed by atoms with Gasteiger partial charge in [-0.3, -0.25) is 0 Å². The highest BCUT2D eigenvalue weighted by molar-refractivity contribution is 7.09. The van der Waals surface area contributed by atoms with E-state index >= 15 is 0 Å². The molecule has 0 atom stereocenters. The van der Waals surface area contributed by atoms with Crippen LogP contribution in [0.5, 0.6) is 0 Å². The monoisotopic (exact) mass is 770 g/mol. The highest BCUT2D eigenvalue weighted by Crippen LogP contribution is 2.34. The summed E-state index contributed by atoms with van der Waals surface area (Å²) in [5.74, 6) is 0. The Bertz CT molecular complexity index is 2950. The fourth-order valence-electron chi connectivity index (χ4n) is 8.22. The largest absolute Gasteiger partial charge is 0.354 e. The molecule has 56 heavy (non-hydrogen) atoms. The lowest BCUT2D eigenvalue weighted by Crippen LogP contribution is -2.11. The molecule has 1 aliphatic heterocycles. The first-order valence-electron chi connectivity index (χ1n) is 20.1. The van der Waals surface area contributed by atoms with Crippen molar-refractivity contribution in [3.8, 4) is 0 Å². The Hall–Kier alpha value is -4.64. The van der Waals surface area contributed by atoms with Crippen LogP contribution in [0.4, 0.5) is 0 Å². The van der Waals surface area contributed by atoms with Gasteiger partial charge in [0.15, 0.2) is 0 Å². The normalized spacial score (nSPS) is 13.9. The van der Waals surface area contributed by atoms with Crippen LogP contribution in [-0.4, -0.2) is 9.97 Å². The fraction of sp³-hybridized carbons (Fsp3) is 0.308. The predicted molar refractivity (Wildman–Crippen MR) is 248 cm³/mol. The van der Waals surface area contributed by atoms with Gasteiger partial charge in [-0.25, -0.2) is 0 Å². The summed E-state index contributed by atoms with van der Waals surface area (Å²) in [6.07, 6.45) is 9.65. The van der Waals surface area contributed by atoms with Crippen molar-refractivity contribution < 1.29 is 0 Å². The average molecular weight is 771 g/mol. The molecule has 4 heteroatoms. The molecule has 0 amide bonds. The Labute approximate surface area is 339 Å². The molecule has 8 bridgehead atoms. The Kier molecular flexibility index (Phi) is 8.20. The molecule has 9 rings (SSSR count). The van der Waals surface area contributed by atoms with E-state index in [1.165, 1.54) is 83.5 Å². The van der Waals surface area contributed by atoms with Crippen molar-refractivity contribution in [2.75, 3.05) is 0 Å². The van der Waals surface area contributed by atoms with Crippen LogP contribution in [0.1, 0.15) is 128 Å². The maximum absolute atomic E-state index is 3.98. The maximum atomic E-state index is 3.98. The van der Waals surface area contributed by atoms with Gasteiger partial charge in [0.1, 0.15) is 0 Å². The molecule has 2 N–H and O–H groups in total. The van der Waals surface area contributed by atoms with E-state index in [9.17, 15) is 0 Å². The lowest BCUT2D eigenvalue weighted by atomic mass is 9.85. The standard InChI is InChI=1S/C52H54N2S2/c1-49(2,3)29-13-17-33-37(21-29)43-27-45-35-19-15-31(51(7,8)9)23-39(35)48(55-45)26-42-34-18-14-30(50(4,5)6)22-38(34)44(54-42)28-46-36-20-16-32(52(10,11)12)24-40(36)47(56-46)25-41(33)53-43/h13-28,53-54H,1-12H3. The quantitative estimate of drug-likeness (QED) is 0.154. The van der Waals surface area contributed by atoms with Crippen LogP contribution in [0.2, 0.25) is 0 Å². The lowest BCUT2D eigenvalue weighted by Gasteiger charge is -2.19. The molecular formula is C52H54N2S2. The number of benzene rings is 4. The van der Waals surface area contributed by atoms with Gasteiger partial charge in [-0.05, 0) is 92.5 Å². The minimum absolute atomic E-state index is 0.0339. The molecule has 8 aromatic rings. The number of nitrogens with one attached hydrogen (secondary N) is 2. The lowest BCUT2D eigenvalue weighted by molar-refractivity contribution is 0.591. The number of rotatable bonds is 0. The predicted octanol–water partition coefficient (Wildman–Crippen LogP) is 11.9. The highest BCUT2D eigenvalue weighted by Gasteiger charge is 2.21. The Balaban J connectivity index is 1.47. The summed E-state index contributed by atoms with van der Waals surface area (Å²) in [5.41, 5.74) is 10.1. The second-order valence-corrected chi connectivity index (χ2v) is 22.4. The second kappa shape index (κ2) is 12.4. The zero-order chi connectivity index (χ0) is 39.7. The van der Waals surface area contributed by atoms with Gasteiger partial charge >= 0.3 is 0 Å². The zero-order valence-corrected chi connectivity index (χ0v) is 36.7. The van der Waals surface area contributed by atoms with E-state index in [2.05, 4.69) is 190 Å². The summed E-state index contributed by atoms with van der Waals surface area (Å²) < 4.78 is 5.09. The third-order valence-electron chi connectivity index (χ3n) is 11.8. The molecule has 0 spiro atoms. The van der Waals surface area contributed by atoms with Gasteiger partial charge in [0.05, 0.1) is 0 Å². The summed E-state index contributed by atoms with van der Waals surface area (Å²) in [4.78, 5) is 7.96.